The topological polar surface area (TPSA) is 145 Å². The van der Waals surface area contributed by atoms with Gasteiger partial charge in [-0.05, 0) is 54.6 Å². The molecule has 36 heavy (non-hydrogen) atoms. The molecule has 0 saturated heterocycles. The number of pyridine rings is 1. The van der Waals surface area contributed by atoms with Crippen LogP contribution in [0.15, 0.2) is 88.8 Å². The van der Waals surface area contributed by atoms with Crippen LogP contribution >= 0.6 is 0 Å². The molecule has 0 amide bonds. The smallest absolute Gasteiger partial charge is 0.342 e. The van der Waals surface area contributed by atoms with Crippen molar-refractivity contribution >= 4 is 17.2 Å². The van der Waals surface area contributed by atoms with Crippen LogP contribution in [0.25, 0.3) is 11.2 Å². The fraction of sp³-hybridized carbons (Fsp3) is 0. The van der Waals surface area contributed by atoms with Gasteiger partial charge in [-0.2, -0.15) is 5.10 Å². The van der Waals surface area contributed by atoms with Crippen LogP contribution in [0.2, 0.25) is 0 Å². The molecule has 0 aliphatic carbocycles. The number of hydrogen-bond donors (Lipinski definition) is 3. The van der Waals surface area contributed by atoms with Crippen molar-refractivity contribution in [2.24, 2.45) is 0 Å². The second-order valence-corrected chi connectivity index (χ2v) is 7.26. The van der Waals surface area contributed by atoms with Gasteiger partial charge in [-0.1, -0.05) is 0 Å². The number of nitrogens with two attached hydrogens (primary N) is 1. The monoisotopic (exact) mass is 493 g/mol. The number of nitrogens with one attached hydrogen (secondary N) is 1. The Morgan fingerprint density at radius 3 is 2.47 bits per heavy atom. The van der Waals surface area contributed by atoms with Gasteiger partial charge in [-0.3, -0.25) is 4.79 Å². The minimum atomic E-state index is -1.45. The normalized spacial score (nSPS) is 10.5. The van der Waals surface area contributed by atoms with E-state index in [0.29, 0.717) is 16.0 Å². The molecule has 3 heterocycles. The molecule has 12 heteroatoms. The summed E-state index contributed by atoms with van der Waals surface area (Å²) >= 11 is 0. The van der Waals surface area contributed by atoms with Crippen molar-refractivity contribution in [1.82, 2.24) is 19.2 Å². The summed E-state index contributed by atoms with van der Waals surface area (Å²) in [5.41, 5.74) is 4.37. The third-order valence-electron chi connectivity index (χ3n) is 4.87. The molecule has 0 aliphatic heterocycles. The van der Waals surface area contributed by atoms with Crippen LogP contribution in [0.3, 0.4) is 0 Å². The Morgan fingerprint density at radius 1 is 1.03 bits per heavy atom. The first-order chi connectivity index (χ1) is 17.2. The average Bonchev–Trinajstić information content (AvgIpc) is 3.32. The van der Waals surface area contributed by atoms with Crippen LogP contribution in [-0.4, -0.2) is 30.2 Å². The van der Waals surface area contributed by atoms with E-state index in [4.69, 9.17) is 15.6 Å². The lowest BCUT2D eigenvalue weighted by Gasteiger charge is -2.08. The number of carboxylic acids is 1. The Kier molecular flexibility index (Phi) is 6.59. The minimum absolute atomic E-state index is 0.0887. The number of aromatic nitrogens is 4. The zero-order valence-electron chi connectivity index (χ0n) is 18.3. The lowest BCUT2D eigenvalue weighted by atomic mass is 10.3. The molecule has 0 aliphatic rings. The molecule has 0 atom stereocenters. The van der Waals surface area contributed by atoms with Crippen LogP contribution in [0.1, 0.15) is 10.4 Å². The summed E-state index contributed by atoms with van der Waals surface area (Å²) in [5, 5.41) is 12.9. The number of aromatic carboxylic acids is 1. The van der Waals surface area contributed by atoms with Crippen molar-refractivity contribution in [2.75, 3.05) is 5.73 Å². The summed E-state index contributed by atoms with van der Waals surface area (Å²) in [6.07, 6.45) is 4.27. The molecule has 2 aromatic carbocycles. The predicted octanol–water partition coefficient (Wildman–Crippen LogP) is 3.21. The van der Waals surface area contributed by atoms with Gasteiger partial charge in [0.15, 0.2) is 17.3 Å². The van der Waals surface area contributed by atoms with Crippen LogP contribution in [0.4, 0.5) is 14.5 Å². The van der Waals surface area contributed by atoms with Gasteiger partial charge in [-0.15, -0.1) is 0 Å². The number of H-pyrrole nitrogens is 1. The number of carbonyl (C=O) groups is 1. The summed E-state index contributed by atoms with van der Waals surface area (Å²) in [6.45, 7) is 0. The Hall–Kier alpha value is -5.26. The first-order valence-corrected chi connectivity index (χ1v) is 10.2. The van der Waals surface area contributed by atoms with Gasteiger partial charge in [0.1, 0.15) is 16.9 Å². The van der Waals surface area contributed by atoms with Crippen molar-refractivity contribution in [3.8, 4) is 17.2 Å². The summed E-state index contributed by atoms with van der Waals surface area (Å²) in [4.78, 5) is 36.2. The SMILES string of the molecule is Nc1ccc(Oc2cccn3nccc23)c(F)c1.O=C(O)c1c[nH]c(=O)n(-c2ccc(F)cc2)c1=O. The molecule has 3 aromatic heterocycles. The molecule has 0 radical (unpaired) electrons. The number of anilines is 1. The highest BCUT2D eigenvalue weighted by Gasteiger charge is 2.14. The average molecular weight is 493 g/mol. The van der Waals surface area contributed by atoms with E-state index in [1.165, 1.54) is 24.3 Å². The maximum Gasteiger partial charge on any atom is 0.342 e. The van der Waals surface area contributed by atoms with Crippen molar-refractivity contribution in [1.29, 1.82) is 0 Å². The Balaban J connectivity index is 0.000000169. The lowest BCUT2D eigenvalue weighted by molar-refractivity contribution is 0.0694. The third-order valence-corrected chi connectivity index (χ3v) is 4.87. The van der Waals surface area contributed by atoms with Crippen molar-refractivity contribution in [3.05, 3.63) is 117 Å². The second kappa shape index (κ2) is 9.93. The molecule has 0 unspecified atom stereocenters. The number of fused-ring (bicyclic) bond motifs is 1. The van der Waals surface area contributed by atoms with Gasteiger partial charge in [0.2, 0.25) is 0 Å². The molecule has 182 valence electrons. The molecule has 5 aromatic rings. The molecule has 0 fully saturated rings. The number of aromatic amines is 1. The van der Waals surface area contributed by atoms with Crippen LogP contribution < -0.4 is 21.7 Å². The van der Waals surface area contributed by atoms with E-state index in [-0.39, 0.29) is 11.4 Å². The van der Waals surface area contributed by atoms with Gasteiger partial charge in [0.25, 0.3) is 5.56 Å². The largest absolute Gasteiger partial charge is 0.477 e. The Bertz CT molecular complexity index is 1680. The maximum absolute atomic E-state index is 13.6. The summed E-state index contributed by atoms with van der Waals surface area (Å²) < 4.78 is 34.2. The van der Waals surface area contributed by atoms with Gasteiger partial charge < -0.3 is 20.6 Å². The van der Waals surface area contributed by atoms with Gasteiger partial charge in [0, 0.05) is 24.1 Å². The molecule has 10 nitrogen and oxygen atoms in total. The molecular weight excluding hydrogens is 476 g/mol. The van der Waals surface area contributed by atoms with Gasteiger partial charge in [0.05, 0.1) is 11.9 Å². The summed E-state index contributed by atoms with van der Waals surface area (Å²) in [6, 6.07) is 14.2. The summed E-state index contributed by atoms with van der Waals surface area (Å²) in [5.74, 6) is -1.79. The highest BCUT2D eigenvalue weighted by atomic mass is 19.1. The first-order valence-electron chi connectivity index (χ1n) is 10.2. The van der Waals surface area contributed by atoms with Gasteiger partial charge in [-0.25, -0.2) is 27.5 Å². The van der Waals surface area contributed by atoms with E-state index >= 15 is 0 Å². The second-order valence-electron chi connectivity index (χ2n) is 7.26. The zero-order valence-corrected chi connectivity index (χ0v) is 18.3. The van der Waals surface area contributed by atoms with Crippen molar-refractivity contribution in [3.63, 3.8) is 0 Å². The number of nitrogens with zero attached hydrogens (tertiary/aromatic N) is 3. The molecule has 0 bridgehead atoms. The number of carboxylic acid groups (broad SMARTS) is 1. The maximum atomic E-state index is 13.6. The number of halogens is 2. The van der Waals surface area contributed by atoms with Crippen LogP contribution in [0, 0.1) is 11.6 Å². The van der Waals surface area contributed by atoms with E-state index < -0.39 is 34.4 Å². The van der Waals surface area contributed by atoms with Crippen molar-refractivity contribution in [2.45, 2.75) is 0 Å². The molecule has 0 saturated carbocycles. The number of benzene rings is 2. The molecule has 4 N–H and O–H groups in total. The first kappa shape index (κ1) is 23.9. The van der Waals surface area contributed by atoms with E-state index in [9.17, 15) is 23.2 Å². The van der Waals surface area contributed by atoms with E-state index in [1.807, 2.05) is 0 Å². The lowest BCUT2D eigenvalue weighted by Crippen LogP contribution is -2.36. The molecule has 0 spiro atoms. The Morgan fingerprint density at radius 2 is 1.78 bits per heavy atom. The van der Waals surface area contributed by atoms with Crippen LogP contribution in [-0.2, 0) is 0 Å². The van der Waals surface area contributed by atoms with E-state index in [0.717, 1.165) is 23.8 Å². The zero-order chi connectivity index (χ0) is 25.8. The number of nitrogen functional groups attached to an aromatic ring is 1. The fourth-order valence-corrected chi connectivity index (χ4v) is 3.18. The highest BCUT2D eigenvalue weighted by molar-refractivity contribution is 5.86. The fourth-order valence-electron chi connectivity index (χ4n) is 3.18. The third kappa shape index (κ3) is 4.97. The van der Waals surface area contributed by atoms with E-state index in [1.54, 1.807) is 41.2 Å². The quantitative estimate of drug-likeness (QED) is 0.326. The minimum Gasteiger partial charge on any atom is -0.477 e. The number of rotatable bonds is 4. The number of ether oxygens (including phenoxy) is 1. The molecular formula is C24H17F2N5O5. The van der Waals surface area contributed by atoms with Crippen molar-refractivity contribution < 1.29 is 23.4 Å². The number of hydrogen-bond acceptors (Lipinski definition) is 6. The highest BCUT2D eigenvalue weighted by Crippen LogP contribution is 2.28. The molecule has 5 rings (SSSR count). The van der Waals surface area contributed by atoms with Crippen LogP contribution in [0.5, 0.6) is 11.5 Å². The Labute approximate surface area is 200 Å². The summed E-state index contributed by atoms with van der Waals surface area (Å²) in [7, 11) is 0. The predicted molar refractivity (Wildman–Crippen MR) is 126 cm³/mol. The van der Waals surface area contributed by atoms with E-state index in [2.05, 4.69) is 10.1 Å². The standard InChI is InChI=1S/C13H10FN3O.C11H7FN2O4/c14-10-8-9(15)3-4-12(10)18-13-2-1-7-17-11(13)5-6-16-17;12-6-1-3-7(4-2-6)14-9(15)8(10(16)17)5-13-11(14)18/h1-8H,15H2;1-5H,(H,13,18)(H,16,17). The van der Waals surface area contributed by atoms with Gasteiger partial charge >= 0.3 is 11.7 Å².